The highest BCUT2D eigenvalue weighted by molar-refractivity contribution is 5.88. The largest absolute Gasteiger partial charge is 0.459 e. The second-order valence-electron chi connectivity index (χ2n) is 15.3. The smallest absolute Gasteiger partial charge is 0.311 e. The van der Waals surface area contributed by atoms with Crippen molar-refractivity contribution in [3.8, 4) is 0 Å². The van der Waals surface area contributed by atoms with Crippen molar-refractivity contribution in [1.29, 1.82) is 0 Å². The minimum Gasteiger partial charge on any atom is -0.459 e. The molecule has 14 heteroatoms. The maximum Gasteiger partial charge on any atom is 0.311 e. The number of hydrogen-bond donors (Lipinski definition) is 5. The fraction of sp³-hybridized carbons (Fsp3) is 0.889. The van der Waals surface area contributed by atoms with Gasteiger partial charge in [0, 0.05) is 31.3 Å². The highest BCUT2D eigenvalue weighted by Crippen LogP contribution is 2.40. The van der Waals surface area contributed by atoms with E-state index in [0.717, 1.165) is 0 Å². The quantitative estimate of drug-likeness (QED) is 0.147. The monoisotopic (exact) mass is 717 g/mol. The Kier molecular flexibility index (Phi) is 14.5. The molecule has 2 fully saturated rings. The predicted octanol–water partition coefficient (Wildman–Crippen LogP) is 2.45. The van der Waals surface area contributed by atoms with Gasteiger partial charge in [0.05, 0.1) is 53.4 Å². The molecule has 0 saturated carbocycles. The Labute approximate surface area is 297 Å². The first-order valence-corrected chi connectivity index (χ1v) is 17.8. The van der Waals surface area contributed by atoms with Crippen molar-refractivity contribution in [3.63, 3.8) is 0 Å². The van der Waals surface area contributed by atoms with Gasteiger partial charge in [-0.05, 0) is 54.4 Å². The van der Waals surface area contributed by atoms with Gasteiger partial charge in [0.15, 0.2) is 12.6 Å². The van der Waals surface area contributed by atoms with Gasteiger partial charge in [-0.2, -0.15) is 0 Å². The molecule has 50 heavy (non-hydrogen) atoms. The molecule has 3 rings (SSSR count). The van der Waals surface area contributed by atoms with E-state index >= 15 is 0 Å². The molecule has 3 heterocycles. The van der Waals surface area contributed by atoms with Gasteiger partial charge in [0.25, 0.3) is 0 Å². The van der Waals surface area contributed by atoms with E-state index in [-0.39, 0.29) is 25.4 Å². The van der Waals surface area contributed by atoms with E-state index in [1.165, 1.54) is 21.1 Å². The number of carbonyl (C=O) groups excluding carboxylic acids is 1. The van der Waals surface area contributed by atoms with E-state index < -0.39 is 102 Å². The second kappa shape index (κ2) is 17.0. The van der Waals surface area contributed by atoms with Crippen LogP contribution < -0.4 is 0 Å². The van der Waals surface area contributed by atoms with Crippen LogP contribution in [0.5, 0.6) is 0 Å². The van der Waals surface area contributed by atoms with Crippen LogP contribution >= 0.6 is 0 Å². The van der Waals surface area contributed by atoms with Crippen molar-refractivity contribution in [3.05, 3.63) is 12.2 Å². The number of aliphatic hydroxyl groups excluding tert-OH is 3. The Bertz CT molecular complexity index is 1180. The number of hydrogen-bond acceptors (Lipinski definition) is 14. The van der Waals surface area contributed by atoms with E-state index in [9.17, 15) is 30.3 Å². The normalized spacial score (nSPS) is 49.3. The van der Waals surface area contributed by atoms with Gasteiger partial charge >= 0.3 is 5.97 Å². The Balaban J connectivity index is 2.20. The molecule has 0 aromatic heterocycles. The first-order chi connectivity index (χ1) is 23.1. The summed E-state index contributed by atoms with van der Waals surface area (Å²) in [5.74, 6) is -3.89. The SMILES string of the molecule is CC[C@H]1OC(=O)[C@H](C)[C@@H](O[C@H]2C[C@@](C)(OC)[C@@H](O)[C@H](C)O2)[C@H](C)[C@@H](O[C@@H]2O[C@H](C)C=C[C@H]2O)C(C)(O)C[C@@H](C)/C(=N\OC)[C@H](C)[C@@H](O)[C@]1(C)O. The molecule has 3 aliphatic rings. The summed E-state index contributed by atoms with van der Waals surface area (Å²) in [5.41, 5.74) is -4.28. The number of carbonyl (C=O) groups is 1. The molecule has 0 aromatic carbocycles. The highest BCUT2D eigenvalue weighted by Gasteiger charge is 2.52. The van der Waals surface area contributed by atoms with Crippen LogP contribution in [0.1, 0.15) is 88.5 Å². The van der Waals surface area contributed by atoms with Crippen molar-refractivity contribution in [2.24, 2.45) is 28.8 Å². The zero-order chi connectivity index (χ0) is 37.9. The molecule has 0 radical (unpaired) electrons. The molecular formula is C36H63NO13. The molecule has 0 aromatic rings. The van der Waals surface area contributed by atoms with Crippen LogP contribution in [0.4, 0.5) is 0 Å². The Morgan fingerprint density at radius 3 is 2.12 bits per heavy atom. The molecule has 3 aliphatic heterocycles. The van der Waals surface area contributed by atoms with Gasteiger partial charge in [-0.1, -0.05) is 45.0 Å². The standard InChI is InChI=1S/C36H63NO13/c1-13-25-36(10,43)29(39)20(4)27(37-45-12)18(2)16-34(8,42)31(50-33-24(38)15-14-19(3)46-33)21(5)28(22(6)32(41)48-25)49-26-17-35(9,44-11)30(40)23(7)47-26/h14-15,18-26,28-31,33,38-40,42-43H,13,16-17H2,1-12H3/b37-27+/t18-,19-,20+,21+,22-,23+,24-,25-,26+,28+,29-,30+,31-,33+,34?,35-,36-/m1/s1. The van der Waals surface area contributed by atoms with Crippen LogP contribution in [0.25, 0.3) is 0 Å². The van der Waals surface area contributed by atoms with Gasteiger partial charge in [0.2, 0.25) is 0 Å². The lowest BCUT2D eigenvalue weighted by atomic mass is 9.73. The summed E-state index contributed by atoms with van der Waals surface area (Å²) < 4.78 is 36.8. The average molecular weight is 718 g/mol. The third-order valence-corrected chi connectivity index (χ3v) is 11.0. The molecule has 0 amide bonds. The molecule has 1 unspecified atom stereocenters. The highest BCUT2D eigenvalue weighted by atomic mass is 16.7. The lowest BCUT2D eigenvalue weighted by Crippen LogP contribution is -2.60. The first-order valence-electron chi connectivity index (χ1n) is 17.8. The van der Waals surface area contributed by atoms with Gasteiger partial charge in [-0.25, -0.2) is 0 Å². The number of esters is 1. The molecule has 14 nitrogen and oxygen atoms in total. The maximum atomic E-state index is 14.1. The van der Waals surface area contributed by atoms with Crippen LogP contribution in [0.3, 0.4) is 0 Å². The van der Waals surface area contributed by atoms with Crippen molar-refractivity contribution in [2.45, 2.75) is 167 Å². The van der Waals surface area contributed by atoms with Crippen LogP contribution in [-0.4, -0.2) is 130 Å². The second-order valence-corrected chi connectivity index (χ2v) is 15.3. The van der Waals surface area contributed by atoms with Crippen molar-refractivity contribution >= 4 is 11.7 Å². The van der Waals surface area contributed by atoms with E-state index in [4.69, 9.17) is 33.3 Å². The first kappa shape index (κ1) is 42.7. The number of cyclic esters (lactones) is 1. The summed E-state index contributed by atoms with van der Waals surface area (Å²) in [6, 6.07) is 0. The summed E-state index contributed by atoms with van der Waals surface area (Å²) >= 11 is 0. The third kappa shape index (κ3) is 9.25. The molecule has 0 aliphatic carbocycles. The van der Waals surface area contributed by atoms with Crippen molar-refractivity contribution < 1.29 is 63.6 Å². The number of nitrogens with zero attached hydrogens (tertiary/aromatic N) is 1. The molecule has 0 spiro atoms. The summed E-state index contributed by atoms with van der Waals surface area (Å²) in [6.45, 7) is 16.8. The summed E-state index contributed by atoms with van der Waals surface area (Å²) in [5, 5.41) is 61.7. The van der Waals surface area contributed by atoms with Crippen LogP contribution in [0.15, 0.2) is 17.3 Å². The van der Waals surface area contributed by atoms with Gasteiger partial charge in [-0.3, -0.25) is 4.79 Å². The third-order valence-electron chi connectivity index (χ3n) is 11.0. The van der Waals surface area contributed by atoms with Gasteiger partial charge < -0.3 is 58.8 Å². The van der Waals surface area contributed by atoms with E-state index in [2.05, 4.69) is 5.16 Å². The van der Waals surface area contributed by atoms with Gasteiger partial charge in [-0.15, -0.1) is 0 Å². The lowest BCUT2D eigenvalue weighted by molar-refractivity contribution is -0.309. The number of ether oxygens (including phenoxy) is 6. The minimum atomic E-state index is -1.91. The van der Waals surface area contributed by atoms with E-state index in [1.54, 1.807) is 67.5 Å². The Hall–Kier alpha value is -1.72. The Morgan fingerprint density at radius 1 is 0.900 bits per heavy atom. The zero-order valence-corrected chi connectivity index (χ0v) is 31.8. The summed E-state index contributed by atoms with van der Waals surface area (Å²) in [6.07, 6.45) is -6.52. The topological polar surface area (TPSA) is 195 Å². The number of rotatable bonds is 7. The fourth-order valence-corrected chi connectivity index (χ4v) is 7.86. The summed E-state index contributed by atoms with van der Waals surface area (Å²) in [7, 11) is 2.86. The summed E-state index contributed by atoms with van der Waals surface area (Å²) in [4.78, 5) is 19.3. The van der Waals surface area contributed by atoms with E-state index in [0.29, 0.717) is 5.71 Å². The van der Waals surface area contributed by atoms with Gasteiger partial charge in [0.1, 0.15) is 31.0 Å². The molecule has 0 bridgehead atoms. The fourth-order valence-electron chi connectivity index (χ4n) is 7.86. The molecular weight excluding hydrogens is 654 g/mol. The number of methoxy groups -OCH3 is 1. The van der Waals surface area contributed by atoms with Crippen molar-refractivity contribution in [2.75, 3.05) is 14.2 Å². The zero-order valence-electron chi connectivity index (χ0n) is 31.8. The predicted molar refractivity (Wildman–Crippen MR) is 183 cm³/mol. The number of oxime groups is 1. The number of aliphatic hydroxyl groups is 5. The Morgan fingerprint density at radius 2 is 1.54 bits per heavy atom. The van der Waals surface area contributed by atoms with E-state index in [1.807, 2.05) is 6.92 Å². The van der Waals surface area contributed by atoms with Crippen molar-refractivity contribution in [1.82, 2.24) is 0 Å². The molecule has 290 valence electrons. The van der Waals surface area contributed by atoms with Crippen LogP contribution in [-0.2, 0) is 38.1 Å². The van der Waals surface area contributed by atoms with Crippen LogP contribution in [0.2, 0.25) is 0 Å². The minimum absolute atomic E-state index is 0.0191. The molecule has 17 atom stereocenters. The van der Waals surface area contributed by atoms with Crippen LogP contribution in [0, 0.1) is 23.7 Å². The molecule has 5 N–H and O–H groups in total. The lowest BCUT2D eigenvalue weighted by Gasteiger charge is -2.48. The maximum absolute atomic E-state index is 14.1. The molecule has 2 saturated heterocycles. The average Bonchev–Trinajstić information content (AvgIpc) is 3.05.